The lowest BCUT2D eigenvalue weighted by molar-refractivity contribution is -0.116. The van der Waals surface area contributed by atoms with Gasteiger partial charge in [-0.1, -0.05) is 0 Å². The summed E-state index contributed by atoms with van der Waals surface area (Å²) in [6.07, 6.45) is 2.82. The third kappa shape index (κ3) is 4.72. The molecule has 0 atom stereocenters. The molecule has 0 radical (unpaired) electrons. The summed E-state index contributed by atoms with van der Waals surface area (Å²) in [5, 5.41) is 2.50. The van der Waals surface area contributed by atoms with Crippen LogP contribution < -0.4 is 19.5 Å². The van der Waals surface area contributed by atoms with Gasteiger partial charge in [-0.3, -0.25) is 4.79 Å². The maximum atomic E-state index is 13.5. The van der Waals surface area contributed by atoms with Crippen molar-refractivity contribution >= 4 is 12.0 Å². The Morgan fingerprint density at radius 3 is 2.27 bits per heavy atom. The minimum absolute atomic E-state index is 0.0690. The predicted octanol–water partition coefficient (Wildman–Crippen LogP) is 3.32. The lowest BCUT2D eigenvalue weighted by Crippen LogP contribution is -2.21. The maximum absolute atomic E-state index is 13.5. The van der Waals surface area contributed by atoms with Crippen molar-refractivity contribution in [1.29, 1.82) is 0 Å². The standard InChI is InChI=1S/C19H19F2NO4/c1-24-16-8-12(9-17(25-2)19(16)26-3)4-7-18(23)22-11-13-10-14(20)5-6-15(13)21/h4-10H,11H2,1-3H3,(H,22,23)/b7-4+. The summed E-state index contributed by atoms with van der Waals surface area (Å²) in [6, 6.07) is 6.43. The summed E-state index contributed by atoms with van der Waals surface area (Å²) in [5.74, 6) is -0.257. The normalized spacial score (nSPS) is 10.7. The lowest BCUT2D eigenvalue weighted by Gasteiger charge is -2.12. The molecule has 2 aromatic rings. The van der Waals surface area contributed by atoms with E-state index in [1.807, 2.05) is 0 Å². The number of nitrogens with one attached hydrogen (secondary N) is 1. The predicted molar refractivity (Wildman–Crippen MR) is 93.3 cm³/mol. The van der Waals surface area contributed by atoms with Crippen LogP contribution in [0, 0.1) is 11.6 Å². The fraction of sp³-hybridized carbons (Fsp3) is 0.211. The van der Waals surface area contributed by atoms with Crippen LogP contribution in [0.5, 0.6) is 17.2 Å². The highest BCUT2D eigenvalue weighted by Gasteiger charge is 2.12. The molecule has 0 bridgehead atoms. The monoisotopic (exact) mass is 363 g/mol. The molecule has 1 N–H and O–H groups in total. The second-order valence-electron chi connectivity index (χ2n) is 5.25. The molecule has 0 aliphatic rings. The number of carbonyl (C=O) groups excluding carboxylic acids is 1. The SMILES string of the molecule is COc1cc(/C=C/C(=O)NCc2cc(F)ccc2F)cc(OC)c1OC. The highest BCUT2D eigenvalue weighted by molar-refractivity contribution is 5.91. The van der Waals surface area contributed by atoms with Crippen molar-refractivity contribution in [2.24, 2.45) is 0 Å². The first-order valence-electron chi connectivity index (χ1n) is 7.68. The number of ether oxygens (including phenoxy) is 3. The van der Waals surface area contributed by atoms with E-state index in [9.17, 15) is 13.6 Å². The van der Waals surface area contributed by atoms with E-state index >= 15 is 0 Å². The number of amides is 1. The summed E-state index contributed by atoms with van der Waals surface area (Å²) in [4.78, 5) is 11.9. The van der Waals surface area contributed by atoms with Crippen LogP contribution in [0.1, 0.15) is 11.1 Å². The van der Waals surface area contributed by atoms with Gasteiger partial charge < -0.3 is 19.5 Å². The van der Waals surface area contributed by atoms with Gasteiger partial charge in [0.2, 0.25) is 11.7 Å². The Bertz CT molecular complexity index is 796. The smallest absolute Gasteiger partial charge is 0.244 e. The average molecular weight is 363 g/mol. The molecule has 0 aromatic heterocycles. The molecule has 0 fully saturated rings. The first-order chi connectivity index (χ1) is 12.5. The van der Waals surface area contributed by atoms with E-state index < -0.39 is 17.5 Å². The number of rotatable bonds is 7. The topological polar surface area (TPSA) is 56.8 Å². The van der Waals surface area contributed by atoms with Gasteiger partial charge in [0.15, 0.2) is 11.5 Å². The molecule has 1 amide bonds. The van der Waals surface area contributed by atoms with Crippen molar-refractivity contribution in [3.05, 3.63) is 59.2 Å². The molecule has 0 spiro atoms. The van der Waals surface area contributed by atoms with E-state index in [0.29, 0.717) is 22.8 Å². The average Bonchev–Trinajstić information content (AvgIpc) is 2.65. The van der Waals surface area contributed by atoms with Gasteiger partial charge in [0.1, 0.15) is 11.6 Å². The fourth-order valence-corrected chi connectivity index (χ4v) is 2.29. The number of carbonyl (C=O) groups is 1. The van der Waals surface area contributed by atoms with Crippen LogP contribution >= 0.6 is 0 Å². The lowest BCUT2D eigenvalue weighted by atomic mass is 10.1. The van der Waals surface area contributed by atoms with E-state index in [1.165, 1.54) is 27.4 Å². The van der Waals surface area contributed by atoms with Gasteiger partial charge in [0.25, 0.3) is 0 Å². The van der Waals surface area contributed by atoms with Crippen molar-refractivity contribution in [3.8, 4) is 17.2 Å². The summed E-state index contributed by atoms with van der Waals surface area (Å²) < 4.78 is 42.4. The first kappa shape index (κ1) is 19.2. The van der Waals surface area contributed by atoms with Crippen LogP contribution in [-0.2, 0) is 11.3 Å². The van der Waals surface area contributed by atoms with Crippen LogP contribution in [0.2, 0.25) is 0 Å². The molecule has 2 aromatic carbocycles. The molecule has 0 saturated heterocycles. The second kappa shape index (κ2) is 8.84. The third-order valence-corrected chi connectivity index (χ3v) is 3.58. The largest absolute Gasteiger partial charge is 0.493 e. The molecule has 0 aliphatic heterocycles. The van der Waals surface area contributed by atoms with Crippen molar-refractivity contribution in [3.63, 3.8) is 0 Å². The number of halogens is 2. The zero-order chi connectivity index (χ0) is 19.1. The molecule has 0 unspecified atom stereocenters. The highest BCUT2D eigenvalue weighted by atomic mass is 19.1. The van der Waals surface area contributed by atoms with Gasteiger partial charge in [-0.25, -0.2) is 8.78 Å². The van der Waals surface area contributed by atoms with Crippen molar-refractivity contribution in [2.45, 2.75) is 6.54 Å². The highest BCUT2D eigenvalue weighted by Crippen LogP contribution is 2.38. The number of hydrogen-bond acceptors (Lipinski definition) is 4. The van der Waals surface area contributed by atoms with Crippen LogP contribution in [0.15, 0.2) is 36.4 Å². The summed E-state index contributed by atoms with van der Waals surface area (Å²) in [7, 11) is 4.48. The molecule has 5 nitrogen and oxygen atoms in total. The van der Waals surface area contributed by atoms with E-state index in [1.54, 1.807) is 18.2 Å². The Labute approximate surface area is 150 Å². The molecule has 7 heteroatoms. The van der Waals surface area contributed by atoms with Crippen molar-refractivity contribution < 1.29 is 27.8 Å². The summed E-state index contributed by atoms with van der Waals surface area (Å²) >= 11 is 0. The van der Waals surface area contributed by atoms with Gasteiger partial charge >= 0.3 is 0 Å². The van der Waals surface area contributed by atoms with Gasteiger partial charge in [-0.2, -0.15) is 0 Å². The van der Waals surface area contributed by atoms with E-state index in [2.05, 4.69) is 5.32 Å². The number of hydrogen-bond donors (Lipinski definition) is 1. The van der Waals surface area contributed by atoms with Crippen LogP contribution in [0.3, 0.4) is 0 Å². The zero-order valence-electron chi connectivity index (χ0n) is 14.6. The summed E-state index contributed by atoms with van der Waals surface area (Å²) in [5.41, 5.74) is 0.714. The molecule has 0 heterocycles. The molecular formula is C19H19F2NO4. The number of benzene rings is 2. The Hall–Kier alpha value is -3.09. The molecule has 0 saturated carbocycles. The molecular weight excluding hydrogens is 344 g/mol. The van der Waals surface area contributed by atoms with E-state index in [0.717, 1.165) is 18.2 Å². The van der Waals surface area contributed by atoms with Gasteiger partial charge in [-0.05, 0) is 42.0 Å². The van der Waals surface area contributed by atoms with E-state index in [-0.39, 0.29) is 12.1 Å². The Morgan fingerprint density at radius 1 is 1.04 bits per heavy atom. The quantitative estimate of drug-likeness (QED) is 0.767. The Balaban J connectivity index is 2.09. The molecule has 2 rings (SSSR count). The Kier molecular flexibility index (Phi) is 6.54. The minimum atomic E-state index is -0.583. The fourth-order valence-electron chi connectivity index (χ4n) is 2.29. The van der Waals surface area contributed by atoms with Crippen LogP contribution in [0.25, 0.3) is 6.08 Å². The molecule has 138 valence electrons. The summed E-state index contributed by atoms with van der Waals surface area (Å²) in [6.45, 7) is -0.123. The minimum Gasteiger partial charge on any atom is -0.493 e. The van der Waals surface area contributed by atoms with Crippen molar-refractivity contribution in [1.82, 2.24) is 5.32 Å². The van der Waals surface area contributed by atoms with Crippen molar-refractivity contribution in [2.75, 3.05) is 21.3 Å². The van der Waals surface area contributed by atoms with Crippen LogP contribution in [-0.4, -0.2) is 27.2 Å². The van der Waals surface area contributed by atoms with Gasteiger partial charge in [-0.15, -0.1) is 0 Å². The Morgan fingerprint density at radius 2 is 1.69 bits per heavy atom. The molecule has 26 heavy (non-hydrogen) atoms. The van der Waals surface area contributed by atoms with Gasteiger partial charge in [0.05, 0.1) is 21.3 Å². The first-order valence-corrected chi connectivity index (χ1v) is 7.68. The zero-order valence-corrected chi connectivity index (χ0v) is 14.6. The third-order valence-electron chi connectivity index (χ3n) is 3.58. The second-order valence-corrected chi connectivity index (χ2v) is 5.25. The van der Waals surface area contributed by atoms with Gasteiger partial charge in [0, 0.05) is 18.2 Å². The van der Waals surface area contributed by atoms with E-state index in [4.69, 9.17) is 14.2 Å². The molecule has 0 aliphatic carbocycles. The maximum Gasteiger partial charge on any atom is 0.244 e. The number of methoxy groups -OCH3 is 3. The van der Waals surface area contributed by atoms with Crippen LogP contribution in [0.4, 0.5) is 8.78 Å².